The van der Waals surface area contributed by atoms with Crippen molar-refractivity contribution < 1.29 is 19.1 Å². The van der Waals surface area contributed by atoms with E-state index in [1.807, 2.05) is 12.2 Å². The zero-order valence-electron chi connectivity index (χ0n) is 13.5. The number of epoxide rings is 2. The van der Waals surface area contributed by atoms with E-state index in [1.54, 1.807) is 12.2 Å². The molecule has 0 aromatic carbocycles. The largest absolute Gasteiger partial charge is 0.361 e. The summed E-state index contributed by atoms with van der Waals surface area (Å²) in [6.45, 7) is 8.53. The quantitative estimate of drug-likeness (QED) is 0.587. The molecule has 3 fully saturated rings. The van der Waals surface area contributed by atoms with Crippen LogP contribution >= 0.6 is 0 Å². The minimum Gasteiger partial charge on any atom is -0.361 e. The first-order valence-corrected chi connectivity index (χ1v) is 8.55. The van der Waals surface area contributed by atoms with Gasteiger partial charge in [-0.15, -0.1) is 13.2 Å². The number of carbonyl (C=O) groups excluding carboxylic acids is 2. The molecule has 0 aromatic rings. The number of rotatable bonds is 4. The van der Waals surface area contributed by atoms with Crippen LogP contribution in [-0.2, 0) is 19.1 Å². The summed E-state index contributed by atoms with van der Waals surface area (Å²) in [5.41, 5.74) is -1.43. The van der Waals surface area contributed by atoms with Gasteiger partial charge >= 0.3 is 0 Å². The summed E-state index contributed by atoms with van der Waals surface area (Å²) in [4.78, 5) is 26.3. The van der Waals surface area contributed by atoms with Gasteiger partial charge in [-0.05, 0) is 18.4 Å². The molecule has 2 spiro atoms. The van der Waals surface area contributed by atoms with Crippen molar-refractivity contribution in [3.8, 4) is 0 Å². The van der Waals surface area contributed by atoms with Crippen molar-refractivity contribution in [2.24, 2.45) is 23.2 Å². The number of hydrogen-bond acceptors (Lipinski definition) is 4. The molecule has 6 aliphatic rings. The van der Waals surface area contributed by atoms with Gasteiger partial charge in [0.2, 0.25) is 0 Å². The van der Waals surface area contributed by atoms with Gasteiger partial charge < -0.3 is 9.47 Å². The van der Waals surface area contributed by atoms with Gasteiger partial charge in [0.25, 0.3) is 0 Å². The number of allylic oxidation sites excluding steroid dienone is 4. The lowest BCUT2D eigenvalue weighted by molar-refractivity contribution is -0.151. The van der Waals surface area contributed by atoms with Crippen molar-refractivity contribution in [1.29, 1.82) is 0 Å². The highest BCUT2D eigenvalue weighted by Gasteiger charge is 2.79. The van der Waals surface area contributed by atoms with E-state index in [-0.39, 0.29) is 29.3 Å². The molecule has 6 rings (SSSR count). The van der Waals surface area contributed by atoms with Gasteiger partial charge in [0, 0.05) is 17.8 Å². The summed E-state index contributed by atoms with van der Waals surface area (Å²) in [5.74, 6) is 0.0889. The second-order valence-electron chi connectivity index (χ2n) is 7.67. The van der Waals surface area contributed by atoms with Crippen molar-refractivity contribution in [1.82, 2.24) is 0 Å². The summed E-state index contributed by atoms with van der Waals surface area (Å²) >= 11 is 0. The van der Waals surface area contributed by atoms with Gasteiger partial charge in [0.1, 0.15) is 0 Å². The Balaban J connectivity index is 1.73. The first-order chi connectivity index (χ1) is 11.6. The van der Waals surface area contributed by atoms with Gasteiger partial charge in [-0.2, -0.15) is 0 Å². The summed E-state index contributed by atoms with van der Waals surface area (Å²) in [5, 5.41) is 0. The van der Waals surface area contributed by atoms with E-state index in [9.17, 15) is 9.59 Å². The van der Waals surface area contributed by atoms with E-state index >= 15 is 0 Å². The molecule has 2 saturated heterocycles. The molecule has 2 bridgehead atoms. The van der Waals surface area contributed by atoms with Crippen molar-refractivity contribution in [2.45, 2.75) is 24.0 Å². The molecule has 0 amide bonds. The van der Waals surface area contributed by atoms with E-state index in [2.05, 4.69) is 19.2 Å². The second-order valence-corrected chi connectivity index (χ2v) is 7.67. The molecule has 6 atom stereocenters. The lowest BCUT2D eigenvalue weighted by Crippen LogP contribution is -2.65. The first kappa shape index (κ1) is 14.6. The first-order valence-electron chi connectivity index (χ1n) is 8.55. The molecular formula is C20H20O4. The predicted molar refractivity (Wildman–Crippen MR) is 87.1 cm³/mol. The van der Waals surface area contributed by atoms with Crippen molar-refractivity contribution in [3.63, 3.8) is 0 Å². The van der Waals surface area contributed by atoms with Crippen molar-refractivity contribution >= 4 is 11.6 Å². The van der Waals surface area contributed by atoms with Gasteiger partial charge in [0.15, 0.2) is 22.8 Å². The van der Waals surface area contributed by atoms with Crippen LogP contribution in [0.2, 0.25) is 0 Å². The van der Waals surface area contributed by atoms with Crippen LogP contribution < -0.4 is 0 Å². The molecule has 2 aliphatic heterocycles. The monoisotopic (exact) mass is 324 g/mol. The van der Waals surface area contributed by atoms with Crippen LogP contribution in [0.1, 0.15) is 12.8 Å². The van der Waals surface area contributed by atoms with E-state index in [0.717, 1.165) is 5.57 Å². The molecule has 4 heteroatoms. The Morgan fingerprint density at radius 3 is 2.42 bits per heavy atom. The molecule has 0 unspecified atom stereocenters. The molecule has 2 heterocycles. The Labute approximate surface area is 140 Å². The van der Waals surface area contributed by atoms with Gasteiger partial charge in [-0.25, -0.2) is 0 Å². The van der Waals surface area contributed by atoms with E-state index in [1.165, 1.54) is 0 Å². The van der Waals surface area contributed by atoms with Gasteiger partial charge in [-0.3, -0.25) is 9.59 Å². The maximum absolute atomic E-state index is 13.3. The number of Topliss-reactive ketones (excluding diaryl/α,β-unsaturated/α-hetero) is 2. The molecule has 4 aliphatic carbocycles. The lowest BCUT2D eigenvalue weighted by Gasteiger charge is -2.56. The zero-order chi connectivity index (χ0) is 16.7. The summed E-state index contributed by atoms with van der Waals surface area (Å²) < 4.78 is 11.5. The SMILES string of the molecule is C=CCC1=C[C@H]2[C@H]([C@@H]3C=C[C@]2(CC=C)C(=O)[C@]32CO2)[C@@]2(CO2)C1=O. The fourth-order valence-corrected chi connectivity index (χ4v) is 5.47. The van der Waals surface area contributed by atoms with E-state index in [0.29, 0.717) is 26.1 Å². The fraction of sp³-hybridized carbons (Fsp3) is 0.500. The third kappa shape index (κ3) is 1.39. The number of hydrogen-bond donors (Lipinski definition) is 0. The van der Waals surface area contributed by atoms with Crippen molar-refractivity contribution in [2.75, 3.05) is 13.2 Å². The average Bonchev–Trinajstić information content (AvgIpc) is 3.47. The molecular weight excluding hydrogens is 304 g/mol. The minimum absolute atomic E-state index is 0.0243. The predicted octanol–water partition coefficient (Wildman–Crippen LogP) is 2.17. The Hall–Kier alpha value is -1.78. The highest BCUT2D eigenvalue weighted by molar-refractivity contribution is 6.07. The van der Waals surface area contributed by atoms with E-state index < -0.39 is 16.6 Å². The smallest absolute Gasteiger partial charge is 0.193 e. The maximum Gasteiger partial charge on any atom is 0.193 e. The Kier molecular flexibility index (Phi) is 2.57. The summed E-state index contributed by atoms with van der Waals surface area (Å²) in [7, 11) is 0. The van der Waals surface area contributed by atoms with Crippen LogP contribution in [0.5, 0.6) is 0 Å². The fourth-order valence-electron chi connectivity index (χ4n) is 5.47. The molecule has 0 aromatic heterocycles. The average molecular weight is 324 g/mol. The molecule has 0 N–H and O–H groups in total. The van der Waals surface area contributed by atoms with Gasteiger partial charge in [0.05, 0.1) is 18.6 Å². The Morgan fingerprint density at radius 2 is 1.83 bits per heavy atom. The van der Waals surface area contributed by atoms with E-state index in [4.69, 9.17) is 9.47 Å². The highest BCUT2D eigenvalue weighted by Crippen LogP contribution is 2.67. The molecule has 0 radical (unpaired) electrons. The van der Waals surface area contributed by atoms with Gasteiger partial charge in [-0.1, -0.05) is 30.4 Å². The van der Waals surface area contributed by atoms with Crippen LogP contribution in [0.3, 0.4) is 0 Å². The number of ether oxygens (including phenoxy) is 2. The van der Waals surface area contributed by atoms with Crippen LogP contribution in [0, 0.1) is 23.2 Å². The summed E-state index contributed by atoms with van der Waals surface area (Å²) in [6.07, 6.45) is 10.8. The molecule has 4 nitrogen and oxygen atoms in total. The molecule has 24 heavy (non-hydrogen) atoms. The number of ketones is 2. The third-order valence-electron chi connectivity index (χ3n) is 6.67. The van der Waals surface area contributed by atoms with Crippen LogP contribution in [0.15, 0.2) is 49.1 Å². The highest BCUT2D eigenvalue weighted by atomic mass is 16.6. The van der Waals surface area contributed by atoms with Crippen LogP contribution in [0.4, 0.5) is 0 Å². The Morgan fingerprint density at radius 1 is 1.12 bits per heavy atom. The molecule has 124 valence electrons. The topological polar surface area (TPSA) is 59.2 Å². The normalized spacial score (nSPS) is 50.0. The van der Waals surface area contributed by atoms with Crippen molar-refractivity contribution in [3.05, 3.63) is 49.1 Å². The zero-order valence-corrected chi connectivity index (χ0v) is 13.5. The Bertz CT molecular complexity index is 750. The lowest BCUT2D eigenvalue weighted by atomic mass is 9.44. The number of carbonyl (C=O) groups is 2. The molecule has 1 saturated carbocycles. The van der Waals surface area contributed by atoms with Crippen LogP contribution in [-0.4, -0.2) is 36.0 Å². The standard InChI is InChI=1S/C20H20O4/c1-3-5-12-9-14-15(20(11-24-20)16(12)21)13-6-8-18(14,7-4-2)17(22)19(13)10-23-19/h3-4,6,8-9,13-15H,1-2,5,7,10-11H2/t13-,14-,15-,18-,19-,20-/m0/s1. The maximum atomic E-state index is 13.3. The summed E-state index contributed by atoms with van der Waals surface area (Å²) in [6, 6.07) is 0. The minimum atomic E-state index is -0.765. The third-order valence-corrected chi connectivity index (χ3v) is 6.67. The second kappa shape index (κ2) is 4.24. The van der Waals surface area contributed by atoms with Crippen LogP contribution in [0.25, 0.3) is 0 Å².